The summed E-state index contributed by atoms with van der Waals surface area (Å²) in [4.78, 5) is 0. The van der Waals surface area contributed by atoms with Gasteiger partial charge in [0.2, 0.25) is 0 Å². The van der Waals surface area contributed by atoms with Crippen molar-refractivity contribution in [3.63, 3.8) is 0 Å². The third-order valence-electron chi connectivity index (χ3n) is 6.62. The van der Waals surface area contributed by atoms with Crippen molar-refractivity contribution < 1.29 is 0 Å². The average Bonchev–Trinajstić information content (AvgIpc) is 3.21. The van der Waals surface area contributed by atoms with Crippen LogP contribution in [0.15, 0.2) is 91.0 Å². The fourth-order valence-corrected chi connectivity index (χ4v) is 10.4. The minimum atomic E-state index is -2.03. The van der Waals surface area contributed by atoms with E-state index in [9.17, 15) is 0 Å². The summed E-state index contributed by atoms with van der Waals surface area (Å²) in [6.07, 6.45) is 6.91. The molecule has 4 rings (SSSR count). The first-order valence-corrected chi connectivity index (χ1v) is 12.7. The zero-order valence-electron chi connectivity index (χ0n) is 16.4. The van der Waals surface area contributed by atoms with Gasteiger partial charge in [-0.3, -0.25) is 0 Å². The van der Waals surface area contributed by atoms with E-state index in [4.69, 9.17) is 0 Å². The molecule has 0 unspecified atom stereocenters. The number of hydrogen-bond donors (Lipinski definition) is 0. The van der Waals surface area contributed by atoms with Crippen LogP contribution in [0.2, 0.25) is 0 Å². The van der Waals surface area contributed by atoms with Gasteiger partial charge in [-0.05, 0) is 0 Å². The van der Waals surface area contributed by atoms with Gasteiger partial charge in [-0.1, -0.05) is 0 Å². The molecule has 0 heterocycles. The van der Waals surface area contributed by atoms with E-state index in [1.165, 1.54) is 31.8 Å². The normalized spacial score (nSPS) is 20.5. The molecule has 27 heavy (non-hydrogen) atoms. The Kier molecular flexibility index (Phi) is 5.74. The van der Waals surface area contributed by atoms with Crippen LogP contribution < -0.4 is 15.9 Å². The van der Waals surface area contributed by atoms with Crippen molar-refractivity contribution in [2.24, 2.45) is 11.8 Å². The Morgan fingerprint density at radius 1 is 0.630 bits per heavy atom. The van der Waals surface area contributed by atoms with Gasteiger partial charge in [0.1, 0.15) is 0 Å². The Labute approximate surface area is 165 Å². The molecule has 1 fully saturated rings. The van der Waals surface area contributed by atoms with Crippen LogP contribution in [0.4, 0.5) is 0 Å². The molecule has 0 amide bonds. The van der Waals surface area contributed by atoms with Gasteiger partial charge in [-0.2, -0.15) is 0 Å². The first-order valence-electron chi connectivity index (χ1n) is 10.5. The van der Waals surface area contributed by atoms with E-state index in [0.29, 0.717) is 0 Å². The molecule has 3 aromatic rings. The predicted octanol–water partition coefficient (Wildman–Crippen LogP) is 5.54. The standard InChI is InChI=1S/C26H31P/c1-2-22-18-19-23(20-22)21-27(24-12-6-3-7-13-24,25-14-8-4-9-15-25)26-16-10-5-11-17-26/h3-17,22-23,27H,2,18-21H2,1H3/t22-,23+/m1/s1. The minimum absolute atomic E-state index is 0.849. The van der Waals surface area contributed by atoms with E-state index in [0.717, 1.165) is 11.8 Å². The SMILES string of the molecule is CC[C@@H]1CC[C@H](C[PH](c2ccccc2)(c2ccccc2)c2ccccc2)C1. The van der Waals surface area contributed by atoms with Crippen molar-refractivity contribution in [2.45, 2.75) is 32.6 Å². The summed E-state index contributed by atoms with van der Waals surface area (Å²) in [6.45, 7) is 2.36. The maximum atomic E-state index is 2.39. The molecule has 2 atom stereocenters. The van der Waals surface area contributed by atoms with Crippen molar-refractivity contribution >= 4 is 23.2 Å². The van der Waals surface area contributed by atoms with E-state index in [2.05, 4.69) is 97.9 Å². The van der Waals surface area contributed by atoms with Crippen LogP contribution in [0.25, 0.3) is 0 Å². The molecule has 0 aromatic heterocycles. The molecule has 1 heteroatoms. The Balaban J connectivity index is 1.87. The van der Waals surface area contributed by atoms with Crippen LogP contribution in [0, 0.1) is 11.8 Å². The van der Waals surface area contributed by atoms with Crippen LogP contribution in [0.3, 0.4) is 0 Å². The second-order valence-corrected chi connectivity index (χ2v) is 12.1. The maximum absolute atomic E-state index is 2.39. The predicted molar refractivity (Wildman–Crippen MR) is 123 cm³/mol. The average molecular weight is 375 g/mol. The van der Waals surface area contributed by atoms with E-state index in [1.54, 1.807) is 15.9 Å². The van der Waals surface area contributed by atoms with Gasteiger partial charge < -0.3 is 0 Å². The van der Waals surface area contributed by atoms with Crippen LogP contribution in [0.1, 0.15) is 32.6 Å². The Bertz CT molecular complexity index is 729. The molecular formula is C26H31P. The molecule has 0 N–H and O–H groups in total. The topological polar surface area (TPSA) is 0 Å². The van der Waals surface area contributed by atoms with Gasteiger partial charge in [0.05, 0.1) is 0 Å². The van der Waals surface area contributed by atoms with Crippen molar-refractivity contribution in [3.05, 3.63) is 91.0 Å². The molecule has 0 bridgehead atoms. The fraction of sp³-hybridized carbons (Fsp3) is 0.308. The second-order valence-electron chi connectivity index (χ2n) is 8.16. The Hall–Kier alpha value is -1.91. The van der Waals surface area contributed by atoms with Crippen molar-refractivity contribution in [2.75, 3.05) is 6.16 Å². The summed E-state index contributed by atoms with van der Waals surface area (Å²) in [7, 11) is -2.03. The summed E-state index contributed by atoms with van der Waals surface area (Å²) < 4.78 is 0. The van der Waals surface area contributed by atoms with Crippen LogP contribution in [0.5, 0.6) is 0 Å². The van der Waals surface area contributed by atoms with Gasteiger partial charge >= 0.3 is 165 Å². The van der Waals surface area contributed by atoms with Gasteiger partial charge in [-0.15, -0.1) is 0 Å². The van der Waals surface area contributed by atoms with Crippen molar-refractivity contribution in [1.82, 2.24) is 0 Å². The van der Waals surface area contributed by atoms with E-state index in [1.807, 2.05) is 0 Å². The molecule has 140 valence electrons. The summed E-state index contributed by atoms with van der Waals surface area (Å²) in [5.41, 5.74) is 0. The first kappa shape index (κ1) is 18.5. The monoisotopic (exact) mass is 374 g/mol. The van der Waals surface area contributed by atoms with E-state index < -0.39 is 7.26 Å². The second kappa shape index (κ2) is 8.41. The van der Waals surface area contributed by atoms with Crippen molar-refractivity contribution in [1.29, 1.82) is 0 Å². The van der Waals surface area contributed by atoms with Crippen LogP contribution in [-0.2, 0) is 0 Å². The van der Waals surface area contributed by atoms with E-state index in [-0.39, 0.29) is 0 Å². The molecular weight excluding hydrogens is 343 g/mol. The molecule has 3 aromatic carbocycles. The first-order chi connectivity index (χ1) is 13.3. The van der Waals surface area contributed by atoms with Crippen LogP contribution >= 0.6 is 7.26 Å². The molecule has 0 aliphatic heterocycles. The summed E-state index contributed by atoms with van der Waals surface area (Å²) in [6, 6.07) is 34.2. The summed E-state index contributed by atoms with van der Waals surface area (Å²) in [5, 5.41) is 4.67. The third-order valence-corrected chi connectivity index (χ3v) is 11.8. The molecule has 1 aliphatic carbocycles. The summed E-state index contributed by atoms with van der Waals surface area (Å²) in [5.74, 6) is 1.78. The van der Waals surface area contributed by atoms with Gasteiger partial charge in [0.25, 0.3) is 0 Å². The molecule has 0 saturated heterocycles. The number of hydrogen-bond acceptors (Lipinski definition) is 0. The quantitative estimate of drug-likeness (QED) is 0.497. The molecule has 0 nitrogen and oxygen atoms in total. The van der Waals surface area contributed by atoms with Gasteiger partial charge in [0, 0.05) is 0 Å². The van der Waals surface area contributed by atoms with Gasteiger partial charge in [0.15, 0.2) is 0 Å². The number of benzene rings is 3. The molecule has 1 aliphatic rings. The molecule has 0 spiro atoms. The number of rotatable bonds is 6. The third kappa shape index (κ3) is 3.74. The fourth-order valence-electron chi connectivity index (χ4n) is 5.19. The van der Waals surface area contributed by atoms with Crippen molar-refractivity contribution in [3.8, 4) is 0 Å². The van der Waals surface area contributed by atoms with Gasteiger partial charge in [-0.25, -0.2) is 0 Å². The summed E-state index contributed by atoms with van der Waals surface area (Å²) >= 11 is 0. The van der Waals surface area contributed by atoms with E-state index >= 15 is 0 Å². The zero-order valence-corrected chi connectivity index (χ0v) is 17.4. The Morgan fingerprint density at radius 3 is 1.41 bits per heavy atom. The molecule has 0 radical (unpaired) electrons. The zero-order chi connectivity index (χ0) is 18.5. The molecule has 1 saturated carbocycles. The van der Waals surface area contributed by atoms with Crippen LogP contribution in [-0.4, -0.2) is 6.16 Å². The Morgan fingerprint density at radius 2 is 1.04 bits per heavy atom.